The number of fused-ring (bicyclic) bond motifs is 1. The first-order valence-corrected chi connectivity index (χ1v) is 8.08. The molecule has 0 bridgehead atoms. The van der Waals surface area contributed by atoms with Crippen LogP contribution in [0.1, 0.15) is 32.3 Å². The van der Waals surface area contributed by atoms with E-state index >= 15 is 0 Å². The molecule has 3 atom stereocenters. The SMILES string of the molecule is CC(C)(C(=O)N1CC2CCC(N)C2C1)c1ccc(Cl)cc1.Cl. The monoisotopic (exact) mass is 342 g/mol. The number of carbonyl (C=O) groups is 1. The van der Waals surface area contributed by atoms with E-state index in [1.54, 1.807) is 0 Å². The summed E-state index contributed by atoms with van der Waals surface area (Å²) in [5, 5.41) is 0.698. The zero-order valence-electron chi connectivity index (χ0n) is 13.1. The number of likely N-dealkylation sites (tertiary alicyclic amines) is 1. The van der Waals surface area contributed by atoms with Crippen molar-refractivity contribution >= 4 is 29.9 Å². The van der Waals surface area contributed by atoms with Gasteiger partial charge in [-0.1, -0.05) is 23.7 Å². The summed E-state index contributed by atoms with van der Waals surface area (Å²) in [6.45, 7) is 5.68. The highest BCUT2D eigenvalue weighted by atomic mass is 35.5. The molecule has 0 aromatic heterocycles. The van der Waals surface area contributed by atoms with Gasteiger partial charge in [-0.05, 0) is 56.2 Å². The lowest BCUT2D eigenvalue weighted by atomic mass is 9.83. The number of hydrogen-bond donors (Lipinski definition) is 1. The van der Waals surface area contributed by atoms with Crippen LogP contribution in [-0.2, 0) is 10.2 Å². The Morgan fingerprint density at radius 2 is 1.86 bits per heavy atom. The summed E-state index contributed by atoms with van der Waals surface area (Å²) in [7, 11) is 0. The van der Waals surface area contributed by atoms with Crippen molar-refractivity contribution in [2.24, 2.45) is 17.6 Å². The van der Waals surface area contributed by atoms with Crippen LogP contribution in [-0.4, -0.2) is 29.9 Å². The van der Waals surface area contributed by atoms with Crippen molar-refractivity contribution < 1.29 is 4.79 Å². The van der Waals surface area contributed by atoms with E-state index in [0.29, 0.717) is 16.9 Å². The molecule has 2 fully saturated rings. The number of nitrogens with zero attached hydrogens (tertiary/aromatic N) is 1. The molecule has 1 aromatic carbocycles. The molecule has 1 heterocycles. The Morgan fingerprint density at radius 3 is 2.45 bits per heavy atom. The minimum absolute atomic E-state index is 0. The summed E-state index contributed by atoms with van der Waals surface area (Å²) in [6.07, 6.45) is 2.27. The minimum Gasteiger partial charge on any atom is -0.341 e. The van der Waals surface area contributed by atoms with Crippen molar-refractivity contribution in [3.63, 3.8) is 0 Å². The first-order valence-electron chi connectivity index (χ1n) is 7.70. The number of hydrogen-bond acceptors (Lipinski definition) is 2. The Balaban J connectivity index is 0.00000176. The zero-order valence-corrected chi connectivity index (χ0v) is 14.7. The predicted octanol–water partition coefficient (Wildman–Crippen LogP) is 3.24. The summed E-state index contributed by atoms with van der Waals surface area (Å²) in [6, 6.07) is 7.86. The van der Waals surface area contributed by atoms with Gasteiger partial charge in [-0.2, -0.15) is 0 Å². The molecular weight excluding hydrogens is 319 g/mol. The smallest absolute Gasteiger partial charge is 0.232 e. The molecule has 5 heteroatoms. The highest BCUT2D eigenvalue weighted by Crippen LogP contribution is 2.39. The quantitative estimate of drug-likeness (QED) is 0.896. The van der Waals surface area contributed by atoms with Gasteiger partial charge in [0.25, 0.3) is 0 Å². The van der Waals surface area contributed by atoms with E-state index in [1.165, 1.54) is 0 Å². The second kappa shape index (κ2) is 6.38. The third-order valence-corrected chi connectivity index (χ3v) is 5.55. The van der Waals surface area contributed by atoms with Crippen LogP contribution >= 0.6 is 24.0 Å². The van der Waals surface area contributed by atoms with Crippen molar-refractivity contribution in [2.45, 2.75) is 38.1 Å². The fourth-order valence-corrected chi connectivity index (χ4v) is 3.98. The van der Waals surface area contributed by atoms with Crippen molar-refractivity contribution in [1.82, 2.24) is 4.90 Å². The number of amides is 1. The Bertz CT molecular complexity index is 544. The Morgan fingerprint density at radius 1 is 1.23 bits per heavy atom. The van der Waals surface area contributed by atoms with Crippen molar-refractivity contribution in [2.75, 3.05) is 13.1 Å². The molecule has 2 aliphatic rings. The topological polar surface area (TPSA) is 46.3 Å². The Hall–Kier alpha value is -0.770. The third-order valence-electron chi connectivity index (χ3n) is 5.30. The first kappa shape index (κ1) is 17.6. The fraction of sp³-hybridized carbons (Fsp3) is 0.588. The van der Waals surface area contributed by atoms with E-state index in [0.717, 1.165) is 31.5 Å². The van der Waals surface area contributed by atoms with Gasteiger partial charge in [-0.25, -0.2) is 0 Å². The maximum atomic E-state index is 12.9. The van der Waals surface area contributed by atoms with Crippen molar-refractivity contribution in [3.8, 4) is 0 Å². The highest BCUT2D eigenvalue weighted by Gasteiger charge is 2.45. The van der Waals surface area contributed by atoms with Gasteiger partial charge in [0.15, 0.2) is 0 Å². The van der Waals surface area contributed by atoms with Gasteiger partial charge >= 0.3 is 0 Å². The molecule has 22 heavy (non-hydrogen) atoms. The minimum atomic E-state index is -0.521. The average molecular weight is 343 g/mol. The molecule has 122 valence electrons. The Labute approximate surface area is 143 Å². The molecule has 1 saturated carbocycles. The maximum Gasteiger partial charge on any atom is 0.232 e. The van der Waals surface area contributed by atoms with Crippen molar-refractivity contribution in [3.05, 3.63) is 34.9 Å². The van der Waals surface area contributed by atoms with Crippen LogP contribution in [0.15, 0.2) is 24.3 Å². The van der Waals surface area contributed by atoms with E-state index in [2.05, 4.69) is 0 Å². The number of benzene rings is 1. The molecule has 0 spiro atoms. The average Bonchev–Trinajstić information content (AvgIpc) is 3.01. The molecule has 1 saturated heterocycles. The van der Waals surface area contributed by atoms with Gasteiger partial charge in [0.05, 0.1) is 5.41 Å². The first-order chi connectivity index (χ1) is 9.89. The van der Waals surface area contributed by atoms with Crippen LogP contribution in [0.4, 0.5) is 0 Å². The van der Waals surface area contributed by atoms with Crippen LogP contribution in [0.25, 0.3) is 0 Å². The normalized spacial score (nSPS) is 27.5. The standard InChI is InChI=1S/C17H23ClN2O.ClH/c1-17(2,12-4-6-13(18)7-5-12)16(21)20-9-11-3-8-15(19)14(11)10-20;/h4-7,11,14-15H,3,8-10,19H2,1-2H3;1H. The third kappa shape index (κ3) is 2.99. The Kier molecular flexibility index (Phi) is 5.10. The van der Waals surface area contributed by atoms with Crippen LogP contribution in [0.3, 0.4) is 0 Å². The number of rotatable bonds is 2. The van der Waals surface area contributed by atoms with Gasteiger partial charge in [-0.3, -0.25) is 4.79 Å². The van der Waals surface area contributed by atoms with Gasteiger partial charge in [-0.15, -0.1) is 12.4 Å². The largest absolute Gasteiger partial charge is 0.341 e. The van der Waals surface area contributed by atoms with E-state index in [-0.39, 0.29) is 24.4 Å². The molecule has 1 aliphatic heterocycles. The summed E-state index contributed by atoms with van der Waals surface area (Å²) < 4.78 is 0. The second-order valence-corrected chi connectivity index (χ2v) is 7.44. The van der Waals surface area contributed by atoms with Crippen LogP contribution < -0.4 is 5.73 Å². The van der Waals surface area contributed by atoms with Crippen LogP contribution in [0.2, 0.25) is 5.02 Å². The van der Waals surface area contributed by atoms with Gasteiger partial charge in [0.2, 0.25) is 5.91 Å². The van der Waals surface area contributed by atoms with E-state index in [9.17, 15) is 4.79 Å². The number of halogens is 2. The number of nitrogens with two attached hydrogens (primary N) is 1. The summed E-state index contributed by atoms with van der Waals surface area (Å²) in [4.78, 5) is 15.0. The molecule has 1 aromatic rings. The molecule has 2 N–H and O–H groups in total. The van der Waals surface area contributed by atoms with Crippen molar-refractivity contribution in [1.29, 1.82) is 0 Å². The molecule has 0 radical (unpaired) electrons. The van der Waals surface area contributed by atoms with Crippen LogP contribution in [0.5, 0.6) is 0 Å². The highest BCUT2D eigenvalue weighted by molar-refractivity contribution is 6.30. The number of carbonyl (C=O) groups excluding carboxylic acids is 1. The second-order valence-electron chi connectivity index (χ2n) is 7.01. The maximum absolute atomic E-state index is 12.9. The summed E-state index contributed by atoms with van der Waals surface area (Å²) >= 11 is 5.94. The van der Waals surface area contributed by atoms with E-state index < -0.39 is 5.41 Å². The van der Waals surface area contributed by atoms with E-state index in [1.807, 2.05) is 43.0 Å². The summed E-state index contributed by atoms with van der Waals surface area (Å²) in [5.74, 6) is 1.30. The molecule has 1 amide bonds. The lowest BCUT2D eigenvalue weighted by Crippen LogP contribution is -2.43. The van der Waals surface area contributed by atoms with Crippen LogP contribution in [0, 0.1) is 11.8 Å². The van der Waals surface area contributed by atoms with Gasteiger partial charge < -0.3 is 10.6 Å². The lowest BCUT2D eigenvalue weighted by Gasteiger charge is -2.30. The molecule has 3 unspecified atom stereocenters. The molecule has 1 aliphatic carbocycles. The molecule has 3 nitrogen and oxygen atoms in total. The van der Waals surface area contributed by atoms with Gasteiger partial charge in [0.1, 0.15) is 0 Å². The zero-order chi connectivity index (χ0) is 15.2. The molecule has 3 rings (SSSR count). The fourth-order valence-electron chi connectivity index (χ4n) is 3.86. The lowest BCUT2D eigenvalue weighted by molar-refractivity contribution is -0.135. The van der Waals surface area contributed by atoms with E-state index in [4.69, 9.17) is 17.3 Å². The van der Waals surface area contributed by atoms with Gasteiger partial charge in [0, 0.05) is 24.2 Å². The molecular formula is C17H24Cl2N2O. The summed E-state index contributed by atoms with van der Waals surface area (Å²) in [5.41, 5.74) is 6.66. The predicted molar refractivity (Wildman–Crippen MR) is 92.5 cm³/mol.